The molecule has 2 aromatic rings. The van der Waals surface area contributed by atoms with Crippen LogP contribution in [0.15, 0.2) is 47.4 Å². The molecule has 0 radical (unpaired) electrons. The Kier molecular flexibility index (Phi) is 6.48. The second-order valence-electron chi connectivity index (χ2n) is 5.67. The zero-order valence-electron chi connectivity index (χ0n) is 13.8. The van der Waals surface area contributed by atoms with Crippen molar-refractivity contribution in [3.8, 4) is 11.5 Å². The molecular formula is C19H20ClNO3S. The van der Waals surface area contributed by atoms with Crippen molar-refractivity contribution in [2.24, 2.45) is 0 Å². The maximum Gasteiger partial charge on any atom is 0.230 e. The van der Waals surface area contributed by atoms with Gasteiger partial charge in [-0.25, -0.2) is 0 Å². The minimum Gasteiger partial charge on any atom is -0.490 e. The summed E-state index contributed by atoms with van der Waals surface area (Å²) in [6.07, 6.45) is 1.67. The summed E-state index contributed by atoms with van der Waals surface area (Å²) in [5.41, 5.74) is 1.15. The average molecular weight is 378 g/mol. The van der Waals surface area contributed by atoms with Gasteiger partial charge in [0.05, 0.1) is 19.0 Å². The molecule has 1 N–H and O–H groups in total. The van der Waals surface area contributed by atoms with Crippen molar-refractivity contribution in [1.82, 2.24) is 5.32 Å². The van der Waals surface area contributed by atoms with Gasteiger partial charge in [0.15, 0.2) is 11.5 Å². The van der Waals surface area contributed by atoms with Crippen LogP contribution < -0.4 is 14.8 Å². The van der Waals surface area contributed by atoms with Crippen LogP contribution in [0, 0.1) is 0 Å². The Bertz CT molecular complexity index is 721. The Hall–Kier alpha value is -1.85. The van der Waals surface area contributed by atoms with E-state index < -0.39 is 0 Å². The van der Waals surface area contributed by atoms with E-state index in [4.69, 9.17) is 21.1 Å². The fourth-order valence-electron chi connectivity index (χ4n) is 2.43. The van der Waals surface area contributed by atoms with E-state index in [0.717, 1.165) is 39.8 Å². The number of amides is 1. The molecule has 1 aliphatic heterocycles. The number of ether oxygens (including phenoxy) is 2. The number of nitrogens with one attached hydrogen (secondary N) is 1. The molecule has 25 heavy (non-hydrogen) atoms. The van der Waals surface area contributed by atoms with Gasteiger partial charge < -0.3 is 14.8 Å². The zero-order chi connectivity index (χ0) is 17.5. The molecule has 2 aromatic carbocycles. The van der Waals surface area contributed by atoms with Crippen molar-refractivity contribution < 1.29 is 14.3 Å². The zero-order valence-corrected chi connectivity index (χ0v) is 15.4. The highest BCUT2D eigenvalue weighted by Crippen LogP contribution is 2.33. The topological polar surface area (TPSA) is 47.6 Å². The Morgan fingerprint density at radius 1 is 1.08 bits per heavy atom. The van der Waals surface area contributed by atoms with Gasteiger partial charge in [-0.1, -0.05) is 23.7 Å². The molecule has 1 amide bonds. The third-order valence-corrected chi connectivity index (χ3v) is 4.98. The highest BCUT2D eigenvalue weighted by molar-refractivity contribution is 8.00. The first-order valence-corrected chi connectivity index (χ1v) is 9.61. The Balaban J connectivity index is 1.43. The second-order valence-corrected chi connectivity index (χ2v) is 7.16. The maximum atomic E-state index is 12.0. The van der Waals surface area contributed by atoms with Crippen molar-refractivity contribution in [3.05, 3.63) is 53.1 Å². The van der Waals surface area contributed by atoms with Gasteiger partial charge in [-0.3, -0.25) is 4.79 Å². The van der Waals surface area contributed by atoms with Gasteiger partial charge in [0.25, 0.3) is 0 Å². The van der Waals surface area contributed by atoms with Crippen LogP contribution in [-0.4, -0.2) is 31.4 Å². The number of hydrogen-bond acceptors (Lipinski definition) is 4. The summed E-state index contributed by atoms with van der Waals surface area (Å²) in [6, 6.07) is 13.5. The van der Waals surface area contributed by atoms with E-state index >= 15 is 0 Å². The van der Waals surface area contributed by atoms with Gasteiger partial charge in [0.1, 0.15) is 0 Å². The van der Waals surface area contributed by atoms with Crippen molar-refractivity contribution in [2.75, 3.05) is 25.5 Å². The summed E-state index contributed by atoms with van der Waals surface area (Å²) in [5, 5.41) is 3.66. The number of rotatable bonds is 6. The molecule has 3 rings (SSSR count). The lowest BCUT2D eigenvalue weighted by Crippen LogP contribution is -2.27. The lowest BCUT2D eigenvalue weighted by Gasteiger charge is -2.09. The summed E-state index contributed by atoms with van der Waals surface area (Å²) in [6.45, 7) is 1.95. The smallest absolute Gasteiger partial charge is 0.230 e. The fraction of sp³-hybridized carbons (Fsp3) is 0.316. The molecule has 0 aromatic heterocycles. The number of halogens is 1. The van der Waals surface area contributed by atoms with E-state index in [0.29, 0.717) is 25.5 Å². The molecule has 6 heteroatoms. The van der Waals surface area contributed by atoms with Crippen LogP contribution in [-0.2, 0) is 11.2 Å². The predicted molar refractivity (Wildman–Crippen MR) is 101 cm³/mol. The lowest BCUT2D eigenvalue weighted by atomic mass is 10.1. The van der Waals surface area contributed by atoms with Crippen LogP contribution in [0.1, 0.15) is 12.0 Å². The summed E-state index contributed by atoms with van der Waals surface area (Å²) in [7, 11) is 0. The highest BCUT2D eigenvalue weighted by Gasteiger charge is 2.11. The summed E-state index contributed by atoms with van der Waals surface area (Å²) < 4.78 is 11.3. The molecule has 0 fully saturated rings. The SMILES string of the molecule is O=C(CSc1ccc2c(c1)OCCCO2)NCCc1ccc(Cl)cc1. The quantitative estimate of drug-likeness (QED) is 0.774. The third kappa shape index (κ3) is 5.58. The normalized spacial score (nSPS) is 13.2. The molecule has 0 spiro atoms. The van der Waals surface area contributed by atoms with Crippen LogP contribution >= 0.6 is 23.4 Å². The summed E-state index contributed by atoms with van der Waals surface area (Å²) in [4.78, 5) is 13.0. The predicted octanol–water partition coefficient (Wildman–Crippen LogP) is 3.95. The summed E-state index contributed by atoms with van der Waals surface area (Å²) in [5.74, 6) is 1.92. The monoisotopic (exact) mass is 377 g/mol. The molecule has 0 atom stereocenters. The van der Waals surface area contributed by atoms with Crippen LogP contribution in [0.25, 0.3) is 0 Å². The van der Waals surface area contributed by atoms with Crippen molar-refractivity contribution >= 4 is 29.3 Å². The maximum absolute atomic E-state index is 12.0. The highest BCUT2D eigenvalue weighted by atomic mass is 35.5. The molecule has 132 valence electrons. The van der Waals surface area contributed by atoms with Crippen molar-refractivity contribution in [1.29, 1.82) is 0 Å². The molecule has 0 aliphatic carbocycles. The number of thioether (sulfide) groups is 1. The fourth-order valence-corrected chi connectivity index (χ4v) is 3.31. The Morgan fingerprint density at radius 2 is 1.84 bits per heavy atom. The summed E-state index contributed by atoms with van der Waals surface area (Å²) >= 11 is 7.35. The molecule has 0 unspecified atom stereocenters. The van der Waals surface area contributed by atoms with Gasteiger partial charge in [-0.2, -0.15) is 0 Å². The minimum absolute atomic E-state index is 0.0195. The van der Waals surface area contributed by atoms with E-state index in [9.17, 15) is 4.79 Å². The molecule has 0 saturated carbocycles. The van der Waals surface area contributed by atoms with Gasteiger partial charge >= 0.3 is 0 Å². The molecule has 0 saturated heterocycles. The second kappa shape index (κ2) is 9.02. The van der Waals surface area contributed by atoms with Gasteiger partial charge in [0.2, 0.25) is 5.91 Å². The molecular weight excluding hydrogens is 358 g/mol. The Labute approximate surface area is 156 Å². The molecule has 4 nitrogen and oxygen atoms in total. The first kappa shape index (κ1) is 18.0. The number of carbonyl (C=O) groups is 1. The van der Waals surface area contributed by atoms with Crippen LogP contribution in [0.4, 0.5) is 0 Å². The van der Waals surface area contributed by atoms with E-state index in [1.165, 1.54) is 11.8 Å². The number of hydrogen-bond donors (Lipinski definition) is 1. The van der Waals surface area contributed by atoms with Gasteiger partial charge in [-0.05, 0) is 42.3 Å². The standard InChI is InChI=1S/C19H20ClNO3S/c20-15-4-2-14(3-5-15)8-9-21-19(22)13-25-16-6-7-17-18(12-16)24-11-1-10-23-17/h2-7,12H,1,8-11,13H2,(H,21,22). The first-order valence-electron chi connectivity index (χ1n) is 8.24. The first-order chi connectivity index (χ1) is 12.2. The molecule has 1 aliphatic rings. The van der Waals surface area contributed by atoms with Crippen molar-refractivity contribution in [2.45, 2.75) is 17.7 Å². The average Bonchev–Trinajstić information content (AvgIpc) is 2.86. The number of fused-ring (bicyclic) bond motifs is 1. The van der Waals surface area contributed by atoms with E-state index in [2.05, 4.69) is 5.32 Å². The van der Waals surface area contributed by atoms with Gasteiger partial charge in [-0.15, -0.1) is 11.8 Å². The lowest BCUT2D eigenvalue weighted by molar-refractivity contribution is -0.118. The van der Waals surface area contributed by atoms with Crippen LogP contribution in [0.3, 0.4) is 0 Å². The van der Waals surface area contributed by atoms with Crippen molar-refractivity contribution in [3.63, 3.8) is 0 Å². The number of benzene rings is 2. The minimum atomic E-state index is 0.0195. The van der Waals surface area contributed by atoms with E-state index in [-0.39, 0.29) is 5.91 Å². The Morgan fingerprint density at radius 3 is 2.64 bits per heavy atom. The molecule has 0 bridgehead atoms. The number of carbonyl (C=O) groups excluding carboxylic acids is 1. The van der Waals surface area contributed by atoms with E-state index in [1.54, 1.807) is 0 Å². The largest absolute Gasteiger partial charge is 0.490 e. The van der Waals surface area contributed by atoms with Crippen LogP contribution in [0.2, 0.25) is 5.02 Å². The van der Waals surface area contributed by atoms with E-state index in [1.807, 2.05) is 42.5 Å². The molecule has 1 heterocycles. The van der Waals surface area contributed by atoms with Gasteiger partial charge in [0, 0.05) is 22.9 Å². The van der Waals surface area contributed by atoms with Crippen LogP contribution in [0.5, 0.6) is 11.5 Å². The third-order valence-electron chi connectivity index (χ3n) is 3.74.